The van der Waals surface area contributed by atoms with Crippen LogP contribution in [0.2, 0.25) is 0 Å². The van der Waals surface area contributed by atoms with E-state index in [-0.39, 0.29) is 11.5 Å². The molecule has 0 saturated carbocycles. The number of carbonyl (C=O) groups is 2. The zero-order valence-electron chi connectivity index (χ0n) is 13.9. The highest BCUT2D eigenvalue weighted by Gasteiger charge is 2.11. The molecule has 0 fully saturated rings. The second kappa shape index (κ2) is 8.83. The predicted octanol–water partition coefficient (Wildman–Crippen LogP) is 3.66. The zero-order valence-corrected chi connectivity index (χ0v) is 16.3. The molecule has 2 aromatic carbocycles. The van der Waals surface area contributed by atoms with Gasteiger partial charge in [-0.25, -0.2) is 4.39 Å². The van der Waals surface area contributed by atoms with Gasteiger partial charge in [-0.2, -0.15) is 0 Å². The maximum absolute atomic E-state index is 13.2. The lowest BCUT2D eigenvalue weighted by Gasteiger charge is -2.04. The van der Waals surface area contributed by atoms with Gasteiger partial charge in [0.2, 0.25) is 5.13 Å². The van der Waals surface area contributed by atoms with Gasteiger partial charge in [0, 0.05) is 28.6 Å². The molecule has 0 aliphatic carbocycles. The number of rotatable bonds is 6. The van der Waals surface area contributed by atoms with Crippen LogP contribution in [0.15, 0.2) is 53.0 Å². The summed E-state index contributed by atoms with van der Waals surface area (Å²) < 4.78 is 14.0. The van der Waals surface area contributed by atoms with E-state index in [9.17, 15) is 14.0 Å². The zero-order chi connectivity index (χ0) is 19.2. The highest BCUT2D eigenvalue weighted by atomic mass is 79.9. The molecule has 0 bridgehead atoms. The van der Waals surface area contributed by atoms with Gasteiger partial charge in [-0.05, 0) is 36.4 Å². The van der Waals surface area contributed by atoms with Crippen LogP contribution in [-0.4, -0.2) is 28.6 Å². The van der Waals surface area contributed by atoms with E-state index in [1.54, 1.807) is 18.2 Å². The van der Waals surface area contributed by atoms with Crippen molar-refractivity contribution in [3.05, 3.63) is 75.0 Å². The fourth-order valence-electron chi connectivity index (χ4n) is 2.22. The first-order valence-electron chi connectivity index (χ1n) is 7.94. The van der Waals surface area contributed by atoms with Gasteiger partial charge in [0.05, 0.1) is 0 Å². The molecule has 0 aliphatic rings. The summed E-state index contributed by atoms with van der Waals surface area (Å²) in [4.78, 5) is 24.1. The van der Waals surface area contributed by atoms with Crippen LogP contribution < -0.4 is 10.6 Å². The molecule has 0 aliphatic heterocycles. The summed E-state index contributed by atoms with van der Waals surface area (Å²) in [5, 5.41) is 14.3. The van der Waals surface area contributed by atoms with Crippen LogP contribution in [0.4, 0.5) is 9.52 Å². The Morgan fingerprint density at radius 1 is 1.04 bits per heavy atom. The van der Waals surface area contributed by atoms with Crippen LogP contribution in [-0.2, 0) is 6.42 Å². The molecule has 0 atom stereocenters. The molecule has 0 radical (unpaired) electrons. The van der Waals surface area contributed by atoms with E-state index in [4.69, 9.17) is 0 Å². The number of benzene rings is 2. The number of anilines is 1. The first-order chi connectivity index (χ1) is 13.0. The van der Waals surface area contributed by atoms with Gasteiger partial charge in [0.15, 0.2) is 0 Å². The summed E-state index contributed by atoms with van der Waals surface area (Å²) in [6.45, 7) is 0.387. The van der Waals surface area contributed by atoms with Crippen molar-refractivity contribution in [2.24, 2.45) is 0 Å². The molecule has 27 heavy (non-hydrogen) atoms. The minimum atomic E-state index is -0.484. The number of nitrogens with zero attached hydrogens (tertiary/aromatic N) is 2. The third-order valence-electron chi connectivity index (χ3n) is 3.49. The van der Waals surface area contributed by atoms with Crippen LogP contribution in [0.5, 0.6) is 0 Å². The second-order valence-corrected chi connectivity index (χ2v) is 7.46. The van der Waals surface area contributed by atoms with Crippen LogP contribution in [0.1, 0.15) is 25.7 Å². The van der Waals surface area contributed by atoms with Gasteiger partial charge >= 0.3 is 0 Å². The number of carbonyl (C=O) groups excluding carboxylic acids is 2. The van der Waals surface area contributed by atoms with Crippen molar-refractivity contribution < 1.29 is 14.0 Å². The van der Waals surface area contributed by atoms with Crippen molar-refractivity contribution in [1.29, 1.82) is 0 Å². The van der Waals surface area contributed by atoms with Crippen LogP contribution in [0, 0.1) is 5.82 Å². The minimum absolute atomic E-state index is 0.180. The Bertz CT molecular complexity index is 979. The highest BCUT2D eigenvalue weighted by Crippen LogP contribution is 2.17. The van der Waals surface area contributed by atoms with Crippen LogP contribution >= 0.6 is 27.3 Å². The molecule has 0 unspecified atom stereocenters. The Morgan fingerprint density at radius 3 is 2.52 bits per heavy atom. The summed E-state index contributed by atoms with van der Waals surface area (Å²) in [5.74, 6) is -1.12. The molecule has 2 amide bonds. The van der Waals surface area contributed by atoms with Gasteiger partial charge in [-0.15, -0.1) is 10.2 Å². The third kappa shape index (κ3) is 5.41. The molecule has 138 valence electrons. The van der Waals surface area contributed by atoms with Gasteiger partial charge in [0.1, 0.15) is 10.8 Å². The molecule has 3 rings (SSSR count). The summed E-state index contributed by atoms with van der Waals surface area (Å²) in [6, 6.07) is 12.5. The first kappa shape index (κ1) is 19.1. The second-order valence-electron chi connectivity index (χ2n) is 5.48. The Hall–Kier alpha value is -2.65. The summed E-state index contributed by atoms with van der Waals surface area (Å²) in [5.41, 5.74) is 0.762. The average molecular weight is 449 g/mol. The molecular formula is C18H14BrFN4O2S. The van der Waals surface area contributed by atoms with E-state index in [0.717, 1.165) is 10.5 Å². The van der Waals surface area contributed by atoms with Gasteiger partial charge in [-0.3, -0.25) is 14.9 Å². The van der Waals surface area contributed by atoms with E-state index in [2.05, 4.69) is 36.8 Å². The number of amides is 2. The first-order valence-corrected chi connectivity index (χ1v) is 9.55. The van der Waals surface area contributed by atoms with E-state index in [0.29, 0.717) is 28.7 Å². The van der Waals surface area contributed by atoms with E-state index in [1.165, 1.54) is 29.5 Å². The van der Waals surface area contributed by atoms with Crippen molar-refractivity contribution >= 4 is 44.2 Å². The normalized spacial score (nSPS) is 10.4. The van der Waals surface area contributed by atoms with Gasteiger partial charge < -0.3 is 5.32 Å². The summed E-state index contributed by atoms with van der Waals surface area (Å²) in [6.07, 6.45) is 0.479. The number of hydrogen-bond acceptors (Lipinski definition) is 5. The maximum atomic E-state index is 13.2. The topological polar surface area (TPSA) is 84.0 Å². The standard InChI is InChI=1S/C18H14BrFN4O2S/c19-13-5-1-3-11(9-13)16(25)21-8-7-15-23-24-18(27-15)22-17(26)12-4-2-6-14(20)10-12/h1-6,9-10H,7-8H2,(H,21,25)(H,22,24,26). The van der Waals surface area contributed by atoms with E-state index >= 15 is 0 Å². The summed E-state index contributed by atoms with van der Waals surface area (Å²) >= 11 is 4.53. The Kier molecular flexibility index (Phi) is 6.25. The summed E-state index contributed by atoms with van der Waals surface area (Å²) in [7, 11) is 0. The van der Waals surface area contributed by atoms with Crippen molar-refractivity contribution in [2.75, 3.05) is 11.9 Å². The number of aromatic nitrogens is 2. The Balaban J connectivity index is 1.51. The third-order valence-corrected chi connectivity index (χ3v) is 4.88. The van der Waals surface area contributed by atoms with Crippen LogP contribution in [0.25, 0.3) is 0 Å². The largest absolute Gasteiger partial charge is 0.352 e. The van der Waals surface area contributed by atoms with Gasteiger partial charge in [-0.1, -0.05) is 39.4 Å². The monoisotopic (exact) mass is 448 g/mol. The molecule has 9 heteroatoms. The van der Waals surface area contributed by atoms with Crippen molar-refractivity contribution in [3.63, 3.8) is 0 Å². The molecule has 2 N–H and O–H groups in total. The molecule has 1 heterocycles. The van der Waals surface area contributed by atoms with E-state index in [1.807, 2.05) is 6.07 Å². The maximum Gasteiger partial charge on any atom is 0.257 e. The lowest BCUT2D eigenvalue weighted by Crippen LogP contribution is -2.25. The Labute approximate surface area is 167 Å². The molecule has 0 saturated heterocycles. The molecular weight excluding hydrogens is 435 g/mol. The molecule has 3 aromatic rings. The lowest BCUT2D eigenvalue weighted by atomic mass is 10.2. The quantitative estimate of drug-likeness (QED) is 0.602. The number of nitrogens with one attached hydrogen (secondary N) is 2. The van der Waals surface area contributed by atoms with Crippen molar-refractivity contribution in [3.8, 4) is 0 Å². The fourth-order valence-corrected chi connectivity index (χ4v) is 3.35. The predicted molar refractivity (Wildman–Crippen MR) is 104 cm³/mol. The highest BCUT2D eigenvalue weighted by molar-refractivity contribution is 9.10. The Morgan fingerprint density at radius 2 is 1.78 bits per heavy atom. The van der Waals surface area contributed by atoms with Crippen molar-refractivity contribution in [1.82, 2.24) is 15.5 Å². The fraction of sp³-hybridized carbons (Fsp3) is 0.111. The smallest absolute Gasteiger partial charge is 0.257 e. The SMILES string of the molecule is O=C(NCCc1nnc(NC(=O)c2cccc(F)c2)s1)c1cccc(Br)c1. The molecule has 6 nitrogen and oxygen atoms in total. The van der Waals surface area contributed by atoms with Gasteiger partial charge in [0.25, 0.3) is 11.8 Å². The average Bonchev–Trinajstić information content (AvgIpc) is 3.09. The van der Waals surface area contributed by atoms with E-state index < -0.39 is 11.7 Å². The van der Waals surface area contributed by atoms with Crippen LogP contribution in [0.3, 0.4) is 0 Å². The van der Waals surface area contributed by atoms with Crippen molar-refractivity contribution in [2.45, 2.75) is 6.42 Å². The number of hydrogen-bond donors (Lipinski definition) is 2. The lowest BCUT2D eigenvalue weighted by molar-refractivity contribution is 0.0953. The molecule has 0 spiro atoms. The number of halogens is 2. The minimum Gasteiger partial charge on any atom is -0.352 e. The molecule has 1 aromatic heterocycles.